The molecule has 0 unspecified atom stereocenters. The number of carbonyl (C=O) groups is 1. The summed E-state index contributed by atoms with van der Waals surface area (Å²) in [5.41, 5.74) is 6.68. The van der Waals surface area contributed by atoms with Gasteiger partial charge in [0.1, 0.15) is 5.82 Å². The summed E-state index contributed by atoms with van der Waals surface area (Å²) in [6.07, 6.45) is 5.20. The average molecular weight is 234 g/mol. The molecule has 0 saturated carbocycles. The number of nitrogens with zero attached hydrogens (tertiary/aromatic N) is 2. The van der Waals surface area contributed by atoms with Gasteiger partial charge < -0.3 is 16.0 Å². The van der Waals surface area contributed by atoms with E-state index in [1.54, 1.807) is 19.3 Å². The minimum atomic E-state index is -0.164. The molecule has 1 aromatic rings. The maximum Gasteiger partial charge on any atom is 0.253 e. The number of nitrogen functional groups attached to an aromatic ring is 1. The summed E-state index contributed by atoms with van der Waals surface area (Å²) in [4.78, 5) is 18.1. The molecular formula is C12H18N4O. The number of hydrogen-bond donors (Lipinski definition) is 2. The Balaban J connectivity index is 2.26. The highest BCUT2D eigenvalue weighted by molar-refractivity contribution is 5.99. The molecule has 5 heteroatoms. The quantitative estimate of drug-likeness (QED) is 0.801. The Kier molecular flexibility index (Phi) is 3.46. The van der Waals surface area contributed by atoms with Gasteiger partial charge in [-0.25, -0.2) is 4.98 Å². The second-order valence-electron chi connectivity index (χ2n) is 4.26. The van der Waals surface area contributed by atoms with Crippen LogP contribution < -0.4 is 16.0 Å². The Hall–Kier alpha value is -1.78. The minimum Gasteiger partial charge on any atom is -0.397 e. The first-order valence-electron chi connectivity index (χ1n) is 5.95. The van der Waals surface area contributed by atoms with Gasteiger partial charge in [0.15, 0.2) is 0 Å². The van der Waals surface area contributed by atoms with Gasteiger partial charge in [-0.1, -0.05) is 0 Å². The van der Waals surface area contributed by atoms with Gasteiger partial charge in [-0.2, -0.15) is 0 Å². The second-order valence-corrected chi connectivity index (χ2v) is 4.26. The molecule has 1 fully saturated rings. The topological polar surface area (TPSA) is 71.2 Å². The molecule has 0 atom stereocenters. The molecule has 0 radical (unpaired) electrons. The lowest BCUT2D eigenvalue weighted by atomic mass is 10.1. The minimum absolute atomic E-state index is 0.164. The molecule has 1 aliphatic rings. The van der Waals surface area contributed by atoms with E-state index in [0.29, 0.717) is 11.3 Å². The Morgan fingerprint density at radius 2 is 2.12 bits per heavy atom. The van der Waals surface area contributed by atoms with Gasteiger partial charge in [-0.05, 0) is 25.3 Å². The third kappa shape index (κ3) is 2.49. The van der Waals surface area contributed by atoms with Crippen LogP contribution in [0.25, 0.3) is 0 Å². The zero-order valence-electron chi connectivity index (χ0n) is 10.1. The van der Waals surface area contributed by atoms with Crippen molar-refractivity contribution in [2.24, 2.45) is 0 Å². The van der Waals surface area contributed by atoms with Crippen LogP contribution in [0, 0.1) is 0 Å². The molecule has 0 spiro atoms. The van der Waals surface area contributed by atoms with Gasteiger partial charge in [0.25, 0.3) is 5.91 Å². The fraction of sp³-hybridized carbons (Fsp3) is 0.500. The van der Waals surface area contributed by atoms with E-state index >= 15 is 0 Å². The summed E-state index contributed by atoms with van der Waals surface area (Å²) in [5, 5.41) is 2.59. The SMILES string of the molecule is CNC(=O)c1cc(N2CCCCC2)ncc1N. The molecule has 17 heavy (non-hydrogen) atoms. The maximum atomic E-state index is 11.6. The van der Waals surface area contributed by atoms with E-state index in [1.165, 1.54) is 19.3 Å². The van der Waals surface area contributed by atoms with Crippen molar-refractivity contribution < 1.29 is 4.79 Å². The van der Waals surface area contributed by atoms with Gasteiger partial charge in [0, 0.05) is 20.1 Å². The van der Waals surface area contributed by atoms with Crippen LogP contribution in [-0.4, -0.2) is 31.0 Å². The molecule has 3 N–H and O–H groups in total. The lowest BCUT2D eigenvalue weighted by Gasteiger charge is -2.28. The number of anilines is 2. The number of piperidine rings is 1. The van der Waals surface area contributed by atoms with E-state index in [1.807, 2.05) is 0 Å². The first kappa shape index (κ1) is 11.7. The lowest BCUT2D eigenvalue weighted by molar-refractivity contribution is 0.0964. The van der Waals surface area contributed by atoms with Crippen LogP contribution in [0.4, 0.5) is 11.5 Å². The smallest absolute Gasteiger partial charge is 0.253 e. The number of aromatic nitrogens is 1. The highest BCUT2D eigenvalue weighted by atomic mass is 16.1. The van der Waals surface area contributed by atoms with E-state index in [9.17, 15) is 4.79 Å². The average Bonchev–Trinajstić information content (AvgIpc) is 2.39. The first-order chi connectivity index (χ1) is 8.22. The van der Waals surface area contributed by atoms with Gasteiger partial charge in [0.2, 0.25) is 0 Å². The molecule has 5 nitrogen and oxygen atoms in total. The standard InChI is InChI=1S/C12H18N4O/c1-14-12(17)9-7-11(15-8-10(9)13)16-5-3-2-4-6-16/h7-8H,2-6,13H2,1H3,(H,14,17). The third-order valence-electron chi connectivity index (χ3n) is 3.07. The highest BCUT2D eigenvalue weighted by Gasteiger charge is 2.15. The van der Waals surface area contributed by atoms with Crippen LogP contribution in [-0.2, 0) is 0 Å². The first-order valence-corrected chi connectivity index (χ1v) is 5.95. The van der Waals surface area contributed by atoms with Crippen molar-refractivity contribution in [1.82, 2.24) is 10.3 Å². The van der Waals surface area contributed by atoms with E-state index in [4.69, 9.17) is 5.73 Å². The molecule has 1 aromatic heterocycles. The molecule has 1 amide bonds. The molecule has 0 aromatic carbocycles. The number of rotatable bonds is 2. The van der Waals surface area contributed by atoms with Gasteiger partial charge in [-0.15, -0.1) is 0 Å². The van der Waals surface area contributed by atoms with Crippen LogP contribution in [0.1, 0.15) is 29.6 Å². The van der Waals surface area contributed by atoms with Crippen molar-refractivity contribution in [2.75, 3.05) is 30.8 Å². The number of nitrogens with two attached hydrogens (primary N) is 1. The van der Waals surface area contributed by atoms with Crippen molar-refractivity contribution >= 4 is 17.4 Å². The molecule has 0 bridgehead atoms. The van der Waals surface area contributed by atoms with Crippen molar-refractivity contribution in [1.29, 1.82) is 0 Å². The summed E-state index contributed by atoms with van der Waals surface area (Å²) >= 11 is 0. The zero-order chi connectivity index (χ0) is 12.3. The van der Waals surface area contributed by atoms with Crippen molar-refractivity contribution in [3.8, 4) is 0 Å². The molecule has 2 heterocycles. The van der Waals surface area contributed by atoms with Crippen molar-refractivity contribution in [3.63, 3.8) is 0 Å². The maximum absolute atomic E-state index is 11.6. The molecule has 0 aliphatic carbocycles. The summed E-state index contributed by atoms with van der Waals surface area (Å²) in [7, 11) is 1.60. The summed E-state index contributed by atoms with van der Waals surface area (Å²) in [6.45, 7) is 2.01. The van der Waals surface area contributed by atoms with Crippen molar-refractivity contribution in [3.05, 3.63) is 17.8 Å². The van der Waals surface area contributed by atoms with Gasteiger partial charge in [-0.3, -0.25) is 4.79 Å². The normalized spacial score (nSPS) is 15.7. The fourth-order valence-corrected chi connectivity index (χ4v) is 2.08. The van der Waals surface area contributed by atoms with E-state index in [0.717, 1.165) is 18.9 Å². The second kappa shape index (κ2) is 5.03. The third-order valence-corrected chi connectivity index (χ3v) is 3.07. The molecule has 1 saturated heterocycles. The molecule has 2 rings (SSSR count). The Morgan fingerprint density at radius 3 is 2.76 bits per heavy atom. The van der Waals surface area contributed by atoms with Crippen LogP contribution in [0.15, 0.2) is 12.3 Å². The predicted octanol–water partition coefficient (Wildman–Crippen LogP) is 1.01. The summed E-state index contributed by atoms with van der Waals surface area (Å²) in [6, 6.07) is 1.78. The highest BCUT2D eigenvalue weighted by Crippen LogP contribution is 2.21. The van der Waals surface area contributed by atoms with E-state index in [-0.39, 0.29) is 5.91 Å². The number of pyridine rings is 1. The lowest BCUT2D eigenvalue weighted by Crippen LogP contribution is -2.30. The van der Waals surface area contributed by atoms with Crippen LogP contribution in [0.3, 0.4) is 0 Å². The fourth-order valence-electron chi connectivity index (χ4n) is 2.08. The van der Waals surface area contributed by atoms with E-state index < -0.39 is 0 Å². The molecule has 92 valence electrons. The number of hydrogen-bond acceptors (Lipinski definition) is 4. The summed E-state index contributed by atoms with van der Waals surface area (Å²) < 4.78 is 0. The van der Waals surface area contributed by atoms with Crippen LogP contribution in [0.5, 0.6) is 0 Å². The number of nitrogens with one attached hydrogen (secondary N) is 1. The van der Waals surface area contributed by atoms with Crippen molar-refractivity contribution in [2.45, 2.75) is 19.3 Å². The number of carbonyl (C=O) groups excluding carboxylic acids is 1. The number of amides is 1. The summed E-state index contributed by atoms with van der Waals surface area (Å²) in [5.74, 6) is 0.681. The molecular weight excluding hydrogens is 216 g/mol. The Labute approximate surface area is 101 Å². The predicted molar refractivity (Wildman–Crippen MR) is 68.1 cm³/mol. The largest absolute Gasteiger partial charge is 0.397 e. The molecule has 1 aliphatic heterocycles. The van der Waals surface area contributed by atoms with E-state index in [2.05, 4.69) is 15.2 Å². The van der Waals surface area contributed by atoms with Gasteiger partial charge in [0.05, 0.1) is 17.4 Å². The monoisotopic (exact) mass is 234 g/mol. The van der Waals surface area contributed by atoms with Gasteiger partial charge >= 0.3 is 0 Å². The van der Waals surface area contributed by atoms with Crippen LogP contribution in [0.2, 0.25) is 0 Å². The van der Waals surface area contributed by atoms with Crippen LogP contribution >= 0.6 is 0 Å². The Morgan fingerprint density at radius 1 is 1.41 bits per heavy atom. The Bertz CT molecular complexity index is 413. The zero-order valence-corrected chi connectivity index (χ0v) is 10.1.